The molecule has 0 rings (SSSR count). The molecule has 0 saturated carbocycles. The Balaban J connectivity index is -0.0000000450. The van der Waals surface area contributed by atoms with Crippen LogP contribution in [0.25, 0.3) is 0 Å². The second kappa shape index (κ2) is 17.4. The summed E-state index contributed by atoms with van der Waals surface area (Å²) in [6, 6.07) is 0. The van der Waals surface area contributed by atoms with Crippen LogP contribution in [-0.4, -0.2) is 17.9 Å². The van der Waals surface area contributed by atoms with Crippen LogP contribution in [0.5, 0.6) is 0 Å². The summed E-state index contributed by atoms with van der Waals surface area (Å²) in [4.78, 5) is 26.7. The number of carbonyl (C=O) groups excluding carboxylic acids is 3. The van der Waals surface area contributed by atoms with Crippen LogP contribution in [0.15, 0.2) is 0 Å². The van der Waals surface area contributed by atoms with Crippen LogP contribution in [0.2, 0.25) is 0 Å². The minimum atomic E-state index is -1.08. The molecule has 0 aromatic carbocycles. The molecule has 0 N–H and O–H groups in total. The number of carboxylic acid groups (broad SMARTS) is 3. The summed E-state index contributed by atoms with van der Waals surface area (Å²) in [7, 11) is 0. The molecule has 0 aromatic heterocycles. The molecule has 0 aliphatic rings. The van der Waals surface area contributed by atoms with E-state index in [4.69, 9.17) is 29.7 Å². The van der Waals surface area contributed by atoms with E-state index >= 15 is 0 Å². The Hall–Kier alpha value is -0.720. The zero-order chi connectivity index (χ0) is 10.7. The van der Waals surface area contributed by atoms with Gasteiger partial charge in [-0.3, -0.25) is 0 Å². The van der Waals surface area contributed by atoms with Crippen molar-refractivity contribution in [1.29, 1.82) is 0 Å². The number of carboxylic acids is 3. The normalized spacial score (nSPS) is 5.77. The van der Waals surface area contributed by atoms with E-state index in [2.05, 4.69) is 0 Å². The number of hydrogen-bond donors (Lipinski definition) is 0. The molecule has 0 aromatic rings. The van der Waals surface area contributed by atoms with Gasteiger partial charge < -0.3 is 29.7 Å². The summed E-state index contributed by atoms with van der Waals surface area (Å²) in [6.45, 7) is 2.92. The summed E-state index contributed by atoms with van der Waals surface area (Å²) >= 11 is 0. The predicted octanol–water partition coefficient (Wildman–Crippen LogP) is -3.73. The van der Waals surface area contributed by atoms with Gasteiger partial charge in [0.05, 0.1) is 0 Å². The van der Waals surface area contributed by atoms with Gasteiger partial charge in [0.15, 0.2) is 0 Å². The first kappa shape index (κ1) is 22.8. The van der Waals surface area contributed by atoms with Crippen molar-refractivity contribution in [2.75, 3.05) is 0 Å². The third kappa shape index (κ3) is 1870. The smallest absolute Gasteiger partial charge is 0.550 e. The summed E-state index contributed by atoms with van der Waals surface area (Å²) in [6.07, 6.45) is 0. The van der Waals surface area contributed by atoms with E-state index in [-0.39, 0.29) is 25.8 Å². The molecule has 6 nitrogen and oxygen atoms in total. The van der Waals surface area contributed by atoms with Crippen LogP contribution in [0.4, 0.5) is 0 Å². The van der Waals surface area contributed by atoms with E-state index in [1.165, 1.54) is 0 Å². The number of carbonyl (C=O) groups is 3. The number of hydrogen-bond acceptors (Lipinski definition) is 6. The van der Waals surface area contributed by atoms with Crippen molar-refractivity contribution in [3.05, 3.63) is 0 Å². The molecule has 0 radical (unpaired) electrons. The maximum absolute atomic E-state index is 8.89. The van der Waals surface area contributed by atoms with Crippen LogP contribution >= 0.6 is 0 Å². The van der Waals surface area contributed by atoms with Crippen molar-refractivity contribution in [3.63, 3.8) is 0 Å². The van der Waals surface area contributed by atoms with Crippen molar-refractivity contribution in [1.82, 2.24) is 0 Å². The van der Waals surface area contributed by atoms with Crippen LogP contribution in [0.3, 0.4) is 0 Å². The molecule has 0 bridgehead atoms. The van der Waals surface area contributed by atoms with Gasteiger partial charge in [0.2, 0.25) is 0 Å². The first-order valence-electron chi connectivity index (χ1n) is 2.72. The van der Waals surface area contributed by atoms with Crippen LogP contribution in [-0.2, 0) is 40.2 Å². The van der Waals surface area contributed by atoms with Gasteiger partial charge in [-0.15, -0.1) is 0 Å². The molecule has 0 fully saturated rings. The van der Waals surface area contributed by atoms with Crippen molar-refractivity contribution >= 4 is 17.9 Å². The SMILES string of the molecule is CC(=O)[O-].CC(=O)[O-].CC(=O)[O-].[Sc+3]. The van der Waals surface area contributed by atoms with E-state index in [9.17, 15) is 0 Å². The summed E-state index contributed by atoms with van der Waals surface area (Å²) in [5.74, 6) is -3.25. The fourth-order valence-electron chi connectivity index (χ4n) is 0. The molecule has 0 aliphatic heterocycles. The molecule has 0 heterocycles. The third-order valence-corrected chi connectivity index (χ3v) is 0. The average Bonchev–Trinajstić information content (AvgIpc) is 1.54. The van der Waals surface area contributed by atoms with Crippen molar-refractivity contribution in [3.8, 4) is 0 Å². The Kier molecular flexibility index (Phi) is 30.5. The summed E-state index contributed by atoms with van der Waals surface area (Å²) in [5.41, 5.74) is 0. The Morgan fingerprint density at radius 1 is 0.692 bits per heavy atom. The second-order valence-corrected chi connectivity index (χ2v) is 1.47. The molecule has 0 unspecified atom stereocenters. The molecule has 13 heavy (non-hydrogen) atoms. The maximum Gasteiger partial charge on any atom is 3.00 e. The Labute approximate surface area is 94.4 Å². The van der Waals surface area contributed by atoms with Crippen molar-refractivity contribution in [2.24, 2.45) is 0 Å². The minimum absolute atomic E-state index is 0. The van der Waals surface area contributed by atoms with Crippen LogP contribution in [0.1, 0.15) is 20.8 Å². The van der Waals surface area contributed by atoms with Gasteiger partial charge in [0, 0.05) is 17.9 Å². The Morgan fingerprint density at radius 3 is 0.692 bits per heavy atom. The van der Waals surface area contributed by atoms with E-state index in [1.54, 1.807) is 0 Å². The third-order valence-electron chi connectivity index (χ3n) is 0. The zero-order valence-electron chi connectivity index (χ0n) is 7.53. The summed E-state index contributed by atoms with van der Waals surface area (Å²) < 4.78 is 0. The fraction of sp³-hybridized carbons (Fsp3) is 0.500. The molecule has 0 saturated heterocycles. The van der Waals surface area contributed by atoms with Crippen LogP contribution in [0, 0.1) is 0 Å². The number of aliphatic carboxylic acids is 3. The van der Waals surface area contributed by atoms with E-state index < -0.39 is 17.9 Å². The number of rotatable bonds is 0. The maximum atomic E-state index is 8.89. The molecular weight excluding hydrogens is 213 g/mol. The topological polar surface area (TPSA) is 120 Å². The molecule has 0 atom stereocenters. The average molecular weight is 222 g/mol. The standard InChI is InChI=1S/3C2H4O2.Sc/c3*1-2(3)4;/h3*1H3,(H,3,4);/q;;;+3/p-3. The molecule has 0 spiro atoms. The molecule has 7 heteroatoms. The van der Waals surface area contributed by atoms with Gasteiger partial charge in [-0.05, 0) is 20.8 Å². The first-order chi connectivity index (χ1) is 5.20. The van der Waals surface area contributed by atoms with Gasteiger partial charge in [0.25, 0.3) is 0 Å². The Bertz CT molecular complexity index is 115. The minimum Gasteiger partial charge on any atom is -0.550 e. The van der Waals surface area contributed by atoms with Crippen molar-refractivity contribution in [2.45, 2.75) is 20.8 Å². The van der Waals surface area contributed by atoms with Gasteiger partial charge >= 0.3 is 25.8 Å². The first-order valence-corrected chi connectivity index (χ1v) is 2.72. The zero-order valence-corrected chi connectivity index (χ0v) is 9.33. The summed E-state index contributed by atoms with van der Waals surface area (Å²) in [5, 5.41) is 26.7. The largest absolute Gasteiger partial charge is 3.00 e. The molecular formula is C6H9O6Sc. The molecule has 0 amide bonds. The van der Waals surface area contributed by atoms with Crippen molar-refractivity contribution < 1.29 is 55.5 Å². The quantitative estimate of drug-likeness (QED) is 0.415. The van der Waals surface area contributed by atoms with Gasteiger partial charge in [-0.25, -0.2) is 0 Å². The van der Waals surface area contributed by atoms with Gasteiger partial charge in [-0.1, -0.05) is 0 Å². The van der Waals surface area contributed by atoms with Crippen LogP contribution < -0.4 is 15.3 Å². The fourth-order valence-corrected chi connectivity index (χ4v) is 0. The van der Waals surface area contributed by atoms with E-state index in [0.717, 1.165) is 20.8 Å². The monoisotopic (exact) mass is 222 g/mol. The molecule has 0 aliphatic carbocycles. The van der Waals surface area contributed by atoms with E-state index in [1.807, 2.05) is 0 Å². The van der Waals surface area contributed by atoms with Gasteiger partial charge in [0.1, 0.15) is 0 Å². The predicted molar refractivity (Wildman–Crippen MR) is 32.0 cm³/mol. The Morgan fingerprint density at radius 2 is 0.692 bits per heavy atom. The second-order valence-electron chi connectivity index (χ2n) is 1.47. The van der Waals surface area contributed by atoms with E-state index in [0.29, 0.717) is 0 Å². The molecule has 72 valence electrons. The van der Waals surface area contributed by atoms with Gasteiger partial charge in [-0.2, -0.15) is 0 Å².